The van der Waals surface area contributed by atoms with Gasteiger partial charge in [0.15, 0.2) is 11.6 Å². The van der Waals surface area contributed by atoms with Crippen LogP contribution in [0.1, 0.15) is 38.3 Å². The number of halogens is 2. The van der Waals surface area contributed by atoms with Crippen LogP contribution in [-0.4, -0.2) is 16.7 Å². The van der Waals surface area contributed by atoms with Gasteiger partial charge in [-0.25, -0.2) is 8.78 Å². The van der Waals surface area contributed by atoms with Gasteiger partial charge in [0.05, 0.1) is 5.60 Å². The first-order valence-electron chi connectivity index (χ1n) is 5.81. The van der Waals surface area contributed by atoms with E-state index in [9.17, 15) is 13.9 Å². The maximum atomic E-state index is 13.1. The molecule has 4 heteroatoms. The minimum absolute atomic E-state index is 0.0125. The molecular formula is C13H17F2NO. The van der Waals surface area contributed by atoms with Crippen LogP contribution in [0.4, 0.5) is 8.78 Å². The van der Waals surface area contributed by atoms with Crippen LogP contribution in [0.5, 0.6) is 0 Å². The molecule has 1 saturated heterocycles. The zero-order chi connectivity index (χ0) is 12.6. The SMILES string of the molecule is CC(C)(O)[C@H]1CC[C@@H](c2ccc(F)c(F)c2)N1. The summed E-state index contributed by atoms with van der Waals surface area (Å²) >= 11 is 0. The number of hydrogen-bond donors (Lipinski definition) is 2. The minimum atomic E-state index is -0.828. The fourth-order valence-corrected chi connectivity index (χ4v) is 2.29. The van der Waals surface area contributed by atoms with E-state index in [0.29, 0.717) is 0 Å². The standard InChI is InChI=1S/C13H17F2NO/c1-13(2,17)12-6-5-11(16-12)8-3-4-9(14)10(15)7-8/h3-4,7,11-12,16-17H,5-6H2,1-2H3/t11-,12+/m0/s1. The quantitative estimate of drug-likeness (QED) is 0.834. The van der Waals surface area contributed by atoms with Crippen LogP contribution in [0, 0.1) is 11.6 Å². The highest BCUT2D eigenvalue weighted by Gasteiger charge is 2.34. The van der Waals surface area contributed by atoms with Crippen LogP contribution in [0.15, 0.2) is 18.2 Å². The van der Waals surface area contributed by atoms with Gasteiger partial charge in [-0.3, -0.25) is 0 Å². The molecule has 0 aliphatic carbocycles. The van der Waals surface area contributed by atoms with Crippen molar-refractivity contribution in [2.24, 2.45) is 0 Å². The largest absolute Gasteiger partial charge is 0.389 e. The van der Waals surface area contributed by atoms with E-state index in [4.69, 9.17) is 0 Å². The Labute approximate surface area is 99.7 Å². The molecule has 1 aromatic rings. The van der Waals surface area contributed by atoms with Gasteiger partial charge in [0.2, 0.25) is 0 Å². The summed E-state index contributed by atoms with van der Waals surface area (Å²) in [7, 11) is 0. The lowest BCUT2D eigenvalue weighted by Gasteiger charge is -2.26. The summed E-state index contributed by atoms with van der Waals surface area (Å²) < 4.78 is 25.9. The molecule has 94 valence electrons. The molecule has 0 radical (unpaired) electrons. The molecule has 0 spiro atoms. The third kappa shape index (κ3) is 2.64. The highest BCUT2D eigenvalue weighted by atomic mass is 19.2. The minimum Gasteiger partial charge on any atom is -0.389 e. The van der Waals surface area contributed by atoms with Gasteiger partial charge in [-0.15, -0.1) is 0 Å². The number of aliphatic hydroxyl groups is 1. The monoisotopic (exact) mass is 241 g/mol. The van der Waals surface area contributed by atoms with Crippen LogP contribution in [0.2, 0.25) is 0 Å². The third-order valence-electron chi connectivity index (χ3n) is 3.35. The summed E-state index contributed by atoms with van der Waals surface area (Å²) in [5, 5.41) is 13.1. The lowest BCUT2D eigenvalue weighted by atomic mass is 9.98. The molecule has 1 aliphatic rings. The number of nitrogens with one attached hydrogen (secondary N) is 1. The zero-order valence-electron chi connectivity index (χ0n) is 10.0. The predicted octanol–water partition coefficient (Wildman–Crippen LogP) is 2.53. The van der Waals surface area contributed by atoms with Gasteiger partial charge >= 0.3 is 0 Å². The molecule has 2 rings (SSSR count). The maximum Gasteiger partial charge on any atom is 0.159 e. The van der Waals surface area contributed by atoms with E-state index in [1.54, 1.807) is 19.9 Å². The van der Waals surface area contributed by atoms with Gasteiger partial charge in [0.25, 0.3) is 0 Å². The van der Waals surface area contributed by atoms with E-state index in [0.717, 1.165) is 24.5 Å². The number of rotatable bonds is 2. The summed E-state index contributed by atoms with van der Waals surface area (Å²) in [5.41, 5.74) is -0.0662. The smallest absolute Gasteiger partial charge is 0.159 e. The van der Waals surface area contributed by atoms with Crippen LogP contribution in [-0.2, 0) is 0 Å². The van der Waals surface area contributed by atoms with Crippen molar-refractivity contribution in [3.8, 4) is 0 Å². The molecule has 0 aromatic heterocycles. The topological polar surface area (TPSA) is 32.3 Å². The third-order valence-corrected chi connectivity index (χ3v) is 3.35. The Morgan fingerprint density at radius 1 is 1.24 bits per heavy atom. The fraction of sp³-hybridized carbons (Fsp3) is 0.538. The molecule has 1 heterocycles. The van der Waals surface area contributed by atoms with Crippen molar-refractivity contribution >= 4 is 0 Å². The fourth-order valence-electron chi connectivity index (χ4n) is 2.29. The molecule has 2 N–H and O–H groups in total. The van der Waals surface area contributed by atoms with Crippen molar-refractivity contribution in [3.63, 3.8) is 0 Å². The Morgan fingerprint density at radius 2 is 1.94 bits per heavy atom. The molecule has 0 saturated carbocycles. The first kappa shape index (κ1) is 12.5. The second kappa shape index (κ2) is 4.35. The summed E-state index contributed by atoms with van der Waals surface area (Å²) in [6.45, 7) is 3.50. The van der Waals surface area contributed by atoms with Crippen molar-refractivity contribution in [3.05, 3.63) is 35.4 Å². The van der Waals surface area contributed by atoms with E-state index >= 15 is 0 Å². The zero-order valence-corrected chi connectivity index (χ0v) is 10.0. The Morgan fingerprint density at radius 3 is 2.47 bits per heavy atom. The Hall–Kier alpha value is -1.00. The van der Waals surface area contributed by atoms with Crippen LogP contribution in [0.3, 0.4) is 0 Å². The first-order valence-corrected chi connectivity index (χ1v) is 5.81. The molecule has 0 amide bonds. The Kier molecular flexibility index (Phi) is 3.19. The van der Waals surface area contributed by atoms with Gasteiger partial charge in [0, 0.05) is 12.1 Å². The van der Waals surface area contributed by atoms with Gasteiger partial charge in [-0.05, 0) is 44.4 Å². The number of benzene rings is 1. The van der Waals surface area contributed by atoms with Gasteiger partial charge in [0.1, 0.15) is 0 Å². The van der Waals surface area contributed by atoms with E-state index in [1.807, 2.05) is 0 Å². The van der Waals surface area contributed by atoms with Crippen LogP contribution < -0.4 is 5.32 Å². The van der Waals surface area contributed by atoms with Crippen molar-refractivity contribution in [2.45, 2.75) is 44.4 Å². The highest BCUT2D eigenvalue weighted by Crippen LogP contribution is 2.31. The van der Waals surface area contributed by atoms with Crippen LogP contribution >= 0.6 is 0 Å². The normalized spacial score (nSPS) is 25.2. The van der Waals surface area contributed by atoms with Crippen molar-refractivity contribution in [2.75, 3.05) is 0 Å². The molecule has 2 atom stereocenters. The molecule has 1 aliphatic heterocycles. The van der Waals surface area contributed by atoms with Crippen molar-refractivity contribution < 1.29 is 13.9 Å². The predicted molar refractivity (Wildman–Crippen MR) is 61.6 cm³/mol. The van der Waals surface area contributed by atoms with E-state index in [1.165, 1.54) is 6.07 Å². The molecule has 2 nitrogen and oxygen atoms in total. The Balaban J connectivity index is 2.13. The van der Waals surface area contributed by atoms with Gasteiger partial charge in [-0.2, -0.15) is 0 Å². The van der Waals surface area contributed by atoms with Crippen molar-refractivity contribution in [1.29, 1.82) is 0 Å². The van der Waals surface area contributed by atoms with Gasteiger partial charge < -0.3 is 10.4 Å². The average Bonchev–Trinajstić information content (AvgIpc) is 2.70. The lowest BCUT2D eigenvalue weighted by molar-refractivity contribution is 0.0432. The molecule has 1 fully saturated rings. The van der Waals surface area contributed by atoms with Crippen molar-refractivity contribution in [1.82, 2.24) is 5.32 Å². The van der Waals surface area contributed by atoms with Gasteiger partial charge in [-0.1, -0.05) is 6.07 Å². The average molecular weight is 241 g/mol. The summed E-state index contributed by atoms with van der Waals surface area (Å²) in [4.78, 5) is 0. The molecule has 0 bridgehead atoms. The highest BCUT2D eigenvalue weighted by molar-refractivity contribution is 5.22. The summed E-state index contributed by atoms with van der Waals surface area (Å²) in [6.07, 6.45) is 1.65. The van der Waals surface area contributed by atoms with E-state index in [2.05, 4.69) is 5.32 Å². The molecular weight excluding hydrogens is 224 g/mol. The summed E-state index contributed by atoms with van der Waals surface area (Å²) in [5.74, 6) is -1.65. The first-order chi connectivity index (χ1) is 7.88. The second-order valence-corrected chi connectivity index (χ2v) is 5.18. The second-order valence-electron chi connectivity index (χ2n) is 5.18. The number of hydrogen-bond acceptors (Lipinski definition) is 2. The maximum absolute atomic E-state index is 13.1. The van der Waals surface area contributed by atoms with E-state index < -0.39 is 17.2 Å². The lowest BCUT2D eigenvalue weighted by Crippen LogP contribution is -2.43. The summed E-state index contributed by atoms with van der Waals surface area (Å²) in [6, 6.07) is 3.92. The molecule has 0 unspecified atom stereocenters. The molecule has 17 heavy (non-hydrogen) atoms. The molecule has 1 aromatic carbocycles. The van der Waals surface area contributed by atoms with E-state index in [-0.39, 0.29) is 12.1 Å². The Bertz CT molecular complexity index is 414. The van der Waals surface area contributed by atoms with Crippen LogP contribution in [0.25, 0.3) is 0 Å².